The molecule has 0 bridgehead atoms. The van der Waals surface area contributed by atoms with Gasteiger partial charge in [-0.15, -0.1) is 0 Å². The average Bonchev–Trinajstić information content (AvgIpc) is 2.30. The molecule has 1 aromatic carbocycles. The molecular formula is C12H19N3O. The first kappa shape index (κ1) is 12.5. The third-order valence-corrected chi connectivity index (χ3v) is 2.35. The minimum atomic E-state index is -0.0812. The van der Waals surface area contributed by atoms with Gasteiger partial charge in [-0.2, -0.15) is 0 Å². The summed E-state index contributed by atoms with van der Waals surface area (Å²) in [6.07, 6.45) is 0.954. The highest BCUT2D eigenvalue weighted by Crippen LogP contribution is 2.09. The van der Waals surface area contributed by atoms with Gasteiger partial charge in [0.05, 0.1) is 0 Å². The van der Waals surface area contributed by atoms with Crippen LogP contribution in [-0.4, -0.2) is 24.5 Å². The van der Waals surface area contributed by atoms with Gasteiger partial charge in [-0.25, -0.2) is 4.79 Å². The molecule has 16 heavy (non-hydrogen) atoms. The lowest BCUT2D eigenvalue weighted by Crippen LogP contribution is -2.31. The lowest BCUT2D eigenvalue weighted by Gasteiger charge is -2.16. The van der Waals surface area contributed by atoms with Gasteiger partial charge in [-0.3, -0.25) is 0 Å². The first-order valence-electron chi connectivity index (χ1n) is 5.48. The van der Waals surface area contributed by atoms with Gasteiger partial charge in [0.1, 0.15) is 0 Å². The molecule has 0 radical (unpaired) electrons. The van der Waals surface area contributed by atoms with Gasteiger partial charge in [0.25, 0.3) is 0 Å². The Morgan fingerprint density at radius 2 is 2.00 bits per heavy atom. The number of amides is 2. The summed E-state index contributed by atoms with van der Waals surface area (Å²) in [4.78, 5) is 13.3. The van der Waals surface area contributed by atoms with E-state index in [2.05, 4.69) is 5.32 Å². The molecule has 1 aromatic rings. The molecule has 88 valence electrons. The largest absolute Gasteiger partial charge is 0.328 e. The molecule has 4 nitrogen and oxygen atoms in total. The Labute approximate surface area is 96.4 Å². The second-order valence-electron chi connectivity index (χ2n) is 3.75. The zero-order chi connectivity index (χ0) is 12.0. The fourth-order valence-electron chi connectivity index (χ4n) is 1.38. The second-order valence-corrected chi connectivity index (χ2v) is 3.75. The normalized spacial score (nSPS) is 9.94. The minimum Gasteiger partial charge on any atom is -0.328 e. The Kier molecular flexibility index (Phi) is 4.79. The zero-order valence-electron chi connectivity index (χ0n) is 9.86. The fourth-order valence-corrected chi connectivity index (χ4v) is 1.38. The summed E-state index contributed by atoms with van der Waals surface area (Å²) in [6.45, 7) is 3.32. The molecule has 0 saturated heterocycles. The van der Waals surface area contributed by atoms with E-state index in [1.54, 1.807) is 11.9 Å². The summed E-state index contributed by atoms with van der Waals surface area (Å²) >= 11 is 0. The van der Waals surface area contributed by atoms with E-state index in [9.17, 15) is 4.79 Å². The van der Waals surface area contributed by atoms with Crippen molar-refractivity contribution < 1.29 is 4.79 Å². The second kappa shape index (κ2) is 6.12. The number of hydrogen-bond donors (Lipinski definition) is 2. The Morgan fingerprint density at radius 3 is 2.50 bits per heavy atom. The molecule has 0 atom stereocenters. The predicted molar refractivity (Wildman–Crippen MR) is 66.3 cm³/mol. The van der Waals surface area contributed by atoms with E-state index in [4.69, 9.17) is 5.73 Å². The van der Waals surface area contributed by atoms with Crippen molar-refractivity contribution in [2.45, 2.75) is 19.9 Å². The number of rotatable bonds is 4. The average molecular weight is 221 g/mol. The topological polar surface area (TPSA) is 58.4 Å². The molecule has 0 saturated carbocycles. The van der Waals surface area contributed by atoms with E-state index in [-0.39, 0.29) is 6.03 Å². The Balaban J connectivity index is 2.55. The lowest BCUT2D eigenvalue weighted by atomic mass is 10.2. The van der Waals surface area contributed by atoms with E-state index >= 15 is 0 Å². The number of nitrogens with one attached hydrogen (secondary N) is 1. The Bertz CT molecular complexity index is 335. The molecule has 2 amide bonds. The number of carbonyl (C=O) groups excluding carboxylic acids is 1. The van der Waals surface area contributed by atoms with Crippen LogP contribution in [-0.2, 0) is 6.54 Å². The van der Waals surface area contributed by atoms with Gasteiger partial charge in [0.15, 0.2) is 0 Å². The Morgan fingerprint density at radius 1 is 1.38 bits per heavy atom. The first-order valence-corrected chi connectivity index (χ1v) is 5.48. The van der Waals surface area contributed by atoms with Crippen LogP contribution in [0.25, 0.3) is 0 Å². The van der Waals surface area contributed by atoms with Gasteiger partial charge >= 0.3 is 6.03 Å². The number of carbonyl (C=O) groups is 1. The molecule has 3 N–H and O–H groups in total. The van der Waals surface area contributed by atoms with Crippen LogP contribution in [0.5, 0.6) is 0 Å². The van der Waals surface area contributed by atoms with Crippen LogP contribution in [0.4, 0.5) is 10.5 Å². The van der Waals surface area contributed by atoms with Crippen LogP contribution >= 0.6 is 0 Å². The van der Waals surface area contributed by atoms with Crippen LogP contribution in [0.3, 0.4) is 0 Å². The monoisotopic (exact) mass is 221 g/mol. The standard InChI is InChI=1S/C12H19N3O/c1-3-8-15(2)12(16)14-11-6-4-10(9-13)5-7-11/h4-7H,3,8-9,13H2,1-2H3,(H,14,16). The van der Waals surface area contributed by atoms with Crippen molar-refractivity contribution in [3.05, 3.63) is 29.8 Å². The van der Waals surface area contributed by atoms with Crippen molar-refractivity contribution in [3.63, 3.8) is 0 Å². The molecule has 0 fully saturated rings. The summed E-state index contributed by atoms with van der Waals surface area (Å²) in [6, 6.07) is 7.47. The van der Waals surface area contributed by atoms with E-state index in [1.165, 1.54) is 0 Å². The van der Waals surface area contributed by atoms with E-state index in [0.29, 0.717) is 6.54 Å². The zero-order valence-corrected chi connectivity index (χ0v) is 9.86. The van der Waals surface area contributed by atoms with Crippen LogP contribution in [0, 0.1) is 0 Å². The minimum absolute atomic E-state index is 0.0812. The highest BCUT2D eigenvalue weighted by atomic mass is 16.2. The summed E-state index contributed by atoms with van der Waals surface area (Å²) in [5, 5.41) is 2.82. The molecule has 0 aliphatic rings. The molecule has 0 aromatic heterocycles. The Hall–Kier alpha value is -1.55. The van der Waals surface area contributed by atoms with Crippen LogP contribution in [0.2, 0.25) is 0 Å². The van der Waals surface area contributed by atoms with Crippen molar-refractivity contribution in [1.82, 2.24) is 4.90 Å². The lowest BCUT2D eigenvalue weighted by molar-refractivity contribution is 0.222. The van der Waals surface area contributed by atoms with Crippen LogP contribution in [0.1, 0.15) is 18.9 Å². The molecule has 0 aliphatic carbocycles. The maximum absolute atomic E-state index is 11.6. The molecule has 0 aliphatic heterocycles. The van der Waals surface area contributed by atoms with Crippen molar-refractivity contribution in [3.8, 4) is 0 Å². The van der Waals surface area contributed by atoms with Crippen LogP contribution < -0.4 is 11.1 Å². The fraction of sp³-hybridized carbons (Fsp3) is 0.417. The summed E-state index contributed by atoms with van der Waals surface area (Å²) in [7, 11) is 1.78. The number of nitrogens with two attached hydrogens (primary N) is 1. The van der Waals surface area contributed by atoms with Gasteiger partial charge in [0, 0.05) is 25.8 Å². The highest BCUT2D eigenvalue weighted by molar-refractivity contribution is 5.89. The maximum Gasteiger partial charge on any atom is 0.321 e. The first-order chi connectivity index (χ1) is 7.67. The molecule has 1 rings (SSSR count). The van der Waals surface area contributed by atoms with Gasteiger partial charge < -0.3 is 16.0 Å². The molecule has 0 unspecified atom stereocenters. The van der Waals surface area contributed by atoms with E-state index in [0.717, 1.165) is 24.2 Å². The SMILES string of the molecule is CCCN(C)C(=O)Nc1ccc(CN)cc1. The number of hydrogen-bond acceptors (Lipinski definition) is 2. The van der Waals surface area contributed by atoms with Crippen molar-refractivity contribution >= 4 is 11.7 Å². The quantitative estimate of drug-likeness (QED) is 0.817. The summed E-state index contributed by atoms with van der Waals surface area (Å²) < 4.78 is 0. The third-order valence-electron chi connectivity index (χ3n) is 2.35. The molecular weight excluding hydrogens is 202 g/mol. The van der Waals surface area contributed by atoms with Gasteiger partial charge in [-0.05, 0) is 24.1 Å². The predicted octanol–water partition coefficient (Wildman–Crippen LogP) is 2.02. The van der Waals surface area contributed by atoms with E-state index < -0.39 is 0 Å². The van der Waals surface area contributed by atoms with E-state index in [1.807, 2.05) is 31.2 Å². The van der Waals surface area contributed by atoms with Crippen molar-refractivity contribution in [1.29, 1.82) is 0 Å². The number of urea groups is 1. The highest BCUT2D eigenvalue weighted by Gasteiger charge is 2.06. The number of benzene rings is 1. The van der Waals surface area contributed by atoms with Gasteiger partial charge in [0.2, 0.25) is 0 Å². The molecule has 0 heterocycles. The van der Waals surface area contributed by atoms with Crippen molar-refractivity contribution in [2.75, 3.05) is 18.9 Å². The van der Waals surface area contributed by atoms with Crippen LogP contribution in [0.15, 0.2) is 24.3 Å². The molecule has 4 heteroatoms. The summed E-state index contributed by atoms with van der Waals surface area (Å²) in [5.74, 6) is 0. The number of anilines is 1. The smallest absolute Gasteiger partial charge is 0.321 e. The summed E-state index contributed by atoms with van der Waals surface area (Å²) in [5.41, 5.74) is 7.35. The molecule has 0 spiro atoms. The van der Waals surface area contributed by atoms with Gasteiger partial charge in [-0.1, -0.05) is 19.1 Å². The third kappa shape index (κ3) is 3.55. The number of nitrogens with zero attached hydrogens (tertiary/aromatic N) is 1. The maximum atomic E-state index is 11.6. The van der Waals surface area contributed by atoms with Crippen molar-refractivity contribution in [2.24, 2.45) is 5.73 Å².